The van der Waals surface area contributed by atoms with Gasteiger partial charge in [0.1, 0.15) is 0 Å². The van der Waals surface area contributed by atoms with Crippen molar-refractivity contribution in [1.82, 2.24) is 4.98 Å². The maximum atomic E-state index is 13.1. The fraction of sp³-hybridized carbons (Fsp3) is 0.300. The molecule has 1 aromatic heterocycles. The number of thiazole rings is 1. The molecular weight excluding hydrogens is 316 g/mol. The summed E-state index contributed by atoms with van der Waals surface area (Å²) in [4.78, 5) is 19.7. The summed E-state index contributed by atoms with van der Waals surface area (Å²) in [6.45, 7) is 4.14. The molecule has 3 aromatic rings. The highest BCUT2D eigenvalue weighted by Crippen LogP contribution is 2.38. The lowest BCUT2D eigenvalue weighted by Crippen LogP contribution is -2.35. The number of hydrogen-bond acceptors (Lipinski definition) is 3. The van der Waals surface area contributed by atoms with Crippen LogP contribution >= 0.6 is 11.3 Å². The lowest BCUT2D eigenvalue weighted by Gasteiger charge is -2.30. The summed E-state index contributed by atoms with van der Waals surface area (Å²) in [7, 11) is 0. The highest BCUT2D eigenvalue weighted by molar-refractivity contribution is 7.22. The molecule has 1 heterocycles. The molecule has 0 atom stereocenters. The van der Waals surface area contributed by atoms with Crippen LogP contribution in [0.2, 0.25) is 0 Å². The van der Waals surface area contributed by atoms with Gasteiger partial charge in [0.25, 0.3) is 0 Å². The van der Waals surface area contributed by atoms with Crippen molar-refractivity contribution in [3.63, 3.8) is 0 Å². The monoisotopic (exact) mass is 336 g/mol. The van der Waals surface area contributed by atoms with Crippen molar-refractivity contribution in [3.05, 3.63) is 53.6 Å². The summed E-state index contributed by atoms with van der Waals surface area (Å²) in [6, 6.07) is 14.4. The molecule has 4 heteroatoms. The number of aromatic nitrogens is 1. The van der Waals surface area contributed by atoms with Gasteiger partial charge in [0.15, 0.2) is 5.13 Å². The van der Waals surface area contributed by atoms with E-state index in [0.717, 1.165) is 51.4 Å². The Morgan fingerprint density at radius 2 is 1.83 bits per heavy atom. The van der Waals surface area contributed by atoms with Crippen molar-refractivity contribution in [2.24, 2.45) is 5.92 Å². The lowest BCUT2D eigenvalue weighted by atomic mass is 9.84. The number of fused-ring (bicyclic) bond motifs is 1. The third-order valence-corrected chi connectivity index (χ3v) is 5.63. The maximum Gasteiger partial charge on any atom is 0.236 e. The van der Waals surface area contributed by atoms with Crippen molar-refractivity contribution >= 4 is 38.3 Å². The summed E-state index contributed by atoms with van der Waals surface area (Å²) >= 11 is 1.59. The normalized spacial score (nSPS) is 14.6. The standard InChI is InChI=1S/C20H20N2OS/c1-13-10-14(2)12-16(11-13)22(19(23)15-6-5-7-15)20-21-17-8-3-4-9-18(17)24-20/h3-4,8-12,15H,5-7H2,1-2H3. The molecule has 4 rings (SSSR count). The van der Waals surface area contributed by atoms with E-state index in [4.69, 9.17) is 4.98 Å². The van der Waals surface area contributed by atoms with Crippen molar-refractivity contribution in [2.75, 3.05) is 4.90 Å². The van der Waals surface area contributed by atoms with Crippen molar-refractivity contribution < 1.29 is 4.79 Å². The average Bonchev–Trinajstić information content (AvgIpc) is 2.87. The number of aryl methyl sites for hydroxylation is 2. The van der Waals surface area contributed by atoms with E-state index in [1.54, 1.807) is 11.3 Å². The van der Waals surface area contributed by atoms with Gasteiger partial charge in [-0.15, -0.1) is 0 Å². The van der Waals surface area contributed by atoms with Gasteiger partial charge < -0.3 is 0 Å². The Hall–Kier alpha value is -2.20. The third kappa shape index (κ3) is 2.71. The zero-order valence-electron chi connectivity index (χ0n) is 14.0. The molecule has 1 saturated carbocycles. The number of rotatable bonds is 3. The number of benzene rings is 2. The van der Waals surface area contributed by atoms with E-state index in [0.29, 0.717) is 0 Å². The molecule has 0 saturated heterocycles. The van der Waals surface area contributed by atoms with Crippen LogP contribution in [0.5, 0.6) is 0 Å². The third-order valence-electron chi connectivity index (χ3n) is 4.61. The van der Waals surface area contributed by atoms with Gasteiger partial charge in [0.05, 0.1) is 15.9 Å². The van der Waals surface area contributed by atoms with Gasteiger partial charge in [-0.1, -0.05) is 36.0 Å². The minimum atomic E-state index is 0.137. The van der Waals surface area contributed by atoms with Crippen LogP contribution in [-0.2, 0) is 4.79 Å². The van der Waals surface area contributed by atoms with E-state index >= 15 is 0 Å². The SMILES string of the molecule is Cc1cc(C)cc(N(C(=O)C2CCC2)c2nc3ccccc3s2)c1. The van der Waals surface area contributed by atoms with Crippen molar-refractivity contribution in [3.8, 4) is 0 Å². The first-order valence-electron chi connectivity index (χ1n) is 8.39. The van der Waals surface area contributed by atoms with E-state index in [2.05, 4.69) is 38.1 Å². The van der Waals surface area contributed by atoms with Crippen molar-refractivity contribution in [2.45, 2.75) is 33.1 Å². The topological polar surface area (TPSA) is 33.2 Å². The fourth-order valence-electron chi connectivity index (χ4n) is 3.21. The Morgan fingerprint density at radius 3 is 2.46 bits per heavy atom. The van der Waals surface area contributed by atoms with Crippen LogP contribution in [0.4, 0.5) is 10.8 Å². The predicted molar refractivity (Wildman–Crippen MR) is 100 cm³/mol. The molecule has 2 aromatic carbocycles. The summed E-state index contributed by atoms with van der Waals surface area (Å²) in [6.07, 6.45) is 3.13. The second kappa shape index (κ2) is 6.02. The molecule has 1 aliphatic carbocycles. The lowest BCUT2D eigenvalue weighted by molar-refractivity contribution is -0.123. The van der Waals surface area contributed by atoms with E-state index in [1.807, 2.05) is 23.1 Å². The summed E-state index contributed by atoms with van der Waals surface area (Å²) in [5.74, 6) is 0.322. The van der Waals surface area contributed by atoms with Gasteiger partial charge >= 0.3 is 0 Å². The van der Waals surface area contributed by atoms with Gasteiger partial charge in [0, 0.05) is 5.92 Å². The number of nitrogens with zero attached hydrogens (tertiary/aromatic N) is 2. The average molecular weight is 336 g/mol. The molecule has 0 unspecified atom stereocenters. The van der Waals surface area contributed by atoms with E-state index in [1.165, 1.54) is 0 Å². The number of para-hydroxylation sites is 1. The quantitative estimate of drug-likeness (QED) is 0.643. The molecule has 0 N–H and O–H groups in total. The second-order valence-electron chi connectivity index (χ2n) is 6.61. The Morgan fingerprint density at radius 1 is 1.12 bits per heavy atom. The molecular formula is C20H20N2OS. The zero-order valence-corrected chi connectivity index (χ0v) is 14.8. The Bertz CT molecular complexity index is 858. The molecule has 0 radical (unpaired) electrons. The highest BCUT2D eigenvalue weighted by atomic mass is 32.1. The van der Waals surface area contributed by atoms with Crippen LogP contribution < -0.4 is 4.90 Å². The molecule has 1 aliphatic rings. The highest BCUT2D eigenvalue weighted by Gasteiger charge is 2.32. The molecule has 0 bridgehead atoms. The summed E-state index contributed by atoms with van der Waals surface area (Å²) in [5, 5.41) is 0.776. The Balaban J connectivity index is 1.84. The molecule has 3 nitrogen and oxygen atoms in total. The largest absolute Gasteiger partial charge is 0.274 e. The van der Waals surface area contributed by atoms with E-state index in [-0.39, 0.29) is 11.8 Å². The van der Waals surface area contributed by atoms with E-state index < -0.39 is 0 Å². The minimum absolute atomic E-state index is 0.137. The first-order chi connectivity index (χ1) is 11.6. The maximum absolute atomic E-state index is 13.1. The fourth-order valence-corrected chi connectivity index (χ4v) is 4.20. The first kappa shape index (κ1) is 15.3. The number of hydrogen-bond donors (Lipinski definition) is 0. The predicted octanol–water partition coefficient (Wildman–Crippen LogP) is 5.38. The van der Waals surface area contributed by atoms with Crippen molar-refractivity contribution in [1.29, 1.82) is 0 Å². The van der Waals surface area contributed by atoms with Gasteiger partial charge in [0.2, 0.25) is 5.91 Å². The zero-order chi connectivity index (χ0) is 16.7. The van der Waals surface area contributed by atoms with E-state index in [9.17, 15) is 4.79 Å². The molecule has 1 amide bonds. The number of anilines is 2. The molecule has 0 spiro atoms. The molecule has 0 aliphatic heterocycles. The van der Waals surface area contributed by atoms with Crippen LogP contribution in [0.25, 0.3) is 10.2 Å². The number of carbonyl (C=O) groups excluding carboxylic acids is 1. The van der Waals surface area contributed by atoms with Crippen LogP contribution in [0, 0.1) is 19.8 Å². The smallest absolute Gasteiger partial charge is 0.236 e. The minimum Gasteiger partial charge on any atom is -0.274 e. The van der Waals surface area contributed by atoms with Crippen LogP contribution in [-0.4, -0.2) is 10.9 Å². The molecule has 1 fully saturated rings. The molecule has 122 valence electrons. The van der Waals surface area contributed by atoms with Gasteiger partial charge in [-0.05, 0) is 62.1 Å². The Labute approximate surface area is 146 Å². The van der Waals surface area contributed by atoms with Crippen LogP contribution in [0.1, 0.15) is 30.4 Å². The van der Waals surface area contributed by atoms with Crippen LogP contribution in [0.15, 0.2) is 42.5 Å². The van der Waals surface area contributed by atoms with Gasteiger partial charge in [-0.25, -0.2) is 4.98 Å². The van der Waals surface area contributed by atoms with Gasteiger partial charge in [-0.2, -0.15) is 0 Å². The summed E-state index contributed by atoms with van der Waals surface area (Å²) < 4.78 is 1.11. The number of amides is 1. The van der Waals surface area contributed by atoms with Gasteiger partial charge in [-0.3, -0.25) is 9.69 Å². The second-order valence-corrected chi connectivity index (χ2v) is 7.62. The van der Waals surface area contributed by atoms with Crippen LogP contribution in [0.3, 0.4) is 0 Å². The number of carbonyl (C=O) groups is 1. The molecule has 24 heavy (non-hydrogen) atoms. The summed E-state index contributed by atoms with van der Waals surface area (Å²) in [5.41, 5.74) is 4.21. The first-order valence-corrected chi connectivity index (χ1v) is 9.21. The Kier molecular flexibility index (Phi) is 3.85.